The van der Waals surface area contributed by atoms with Gasteiger partial charge in [-0.3, -0.25) is 9.69 Å². The molecule has 5 nitrogen and oxygen atoms in total. The van der Waals surface area contributed by atoms with Gasteiger partial charge in [0.1, 0.15) is 0 Å². The summed E-state index contributed by atoms with van der Waals surface area (Å²) in [5.41, 5.74) is 5.30. The molecule has 0 spiro atoms. The molecule has 8 rings (SSSR count). The third-order valence-corrected chi connectivity index (χ3v) is 11.5. The Hall–Kier alpha value is -2.56. The molecule has 0 radical (unpaired) electrons. The van der Waals surface area contributed by atoms with Crippen molar-refractivity contribution >= 4 is 17.7 Å². The van der Waals surface area contributed by atoms with Gasteiger partial charge in [0.05, 0.1) is 0 Å². The maximum absolute atomic E-state index is 13.7. The zero-order valence-corrected chi connectivity index (χ0v) is 24.0. The molecule has 5 saturated carbocycles. The molecule has 40 heavy (non-hydrogen) atoms. The fourth-order valence-electron chi connectivity index (χ4n) is 9.97. The molecule has 2 amide bonds. The number of nitrogens with one attached hydrogen (secondary N) is 1. The van der Waals surface area contributed by atoms with E-state index in [0.29, 0.717) is 24.2 Å². The van der Waals surface area contributed by atoms with Gasteiger partial charge in [0, 0.05) is 30.1 Å². The number of allylic oxidation sites excluding steroid dienone is 4. The van der Waals surface area contributed by atoms with Gasteiger partial charge in [-0.2, -0.15) is 0 Å². The van der Waals surface area contributed by atoms with Crippen molar-refractivity contribution in [2.24, 2.45) is 29.6 Å². The van der Waals surface area contributed by atoms with Gasteiger partial charge in [0.25, 0.3) is 0 Å². The predicted molar refractivity (Wildman–Crippen MR) is 158 cm³/mol. The van der Waals surface area contributed by atoms with Gasteiger partial charge in [0.15, 0.2) is 0 Å². The first-order valence-corrected chi connectivity index (χ1v) is 16.3. The number of hydrogen-bond donors (Lipinski definition) is 2. The van der Waals surface area contributed by atoms with Crippen molar-refractivity contribution in [1.29, 1.82) is 0 Å². The van der Waals surface area contributed by atoms with E-state index in [0.717, 1.165) is 74.9 Å². The number of urea groups is 1. The summed E-state index contributed by atoms with van der Waals surface area (Å²) in [6, 6.07) is 6.97. The Morgan fingerprint density at radius 3 is 2.45 bits per heavy atom. The van der Waals surface area contributed by atoms with Crippen molar-refractivity contribution in [2.45, 2.75) is 108 Å². The minimum Gasteiger partial charge on any atom is -0.481 e. The van der Waals surface area contributed by atoms with Crippen molar-refractivity contribution in [1.82, 2.24) is 5.32 Å². The molecule has 1 aromatic carbocycles. The first-order chi connectivity index (χ1) is 19.4. The quantitative estimate of drug-likeness (QED) is 0.374. The van der Waals surface area contributed by atoms with Crippen LogP contribution in [0, 0.1) is 29.6 Å². The number of carboxylic acids is 1. The molecule has 4 bridgehead atoms. The van der Waals surface area contributed by atoms with Crippen LogP contribution in [0.3, 0.4) is 0 Å². The third-order valence-electron chi connectivity index (χ3n) is 11.5. The minimum atomic E-state index is -0.653. The molecule has 1 heterocycles. The van der Waals surface area contributed by atoms with Crippen LogP contribution in [0.1, 0.15) is 107 Å². The number of aliphatic carboxylic acids is 1. The largest absolute Gasteiger partial charge is 0.481 e. The second-order valence-electron chi connectivity index (χ2n) is 14.3. The van der Waals surface area contributed by atoms with Crippen molar-refractivity contribution in [3.8, 4) is 0 Å². The molecule has 2 N–H and O–H groups in total. The fourth-order valence-corrected chi connectivity index (χ4v) is 9.97. The zero-order valence-electron chi connectivity index (χ0n) is 24.0. The average molecular weight is 543 g/mol. The number of carbonyl (C=O) groups is 2. The Kier molecular flexibility index (Phi) is 7.04. The summed E-state index contributed by atoms with van der Waals surface area (Å²) in [5.74, 6) is 3.13. The standard InChI is InChI=1S/C35H46N2O3/c38-33(39)18-23-3-1-4-27(7-6-23)28-8-10-29(11-9-28)30-12-13-32-31(19-30)5-2-14-37(32)34(40)36-35-20-24-15-25(21-35)17-26(16-24)22-35/h8-10,12-13,19,23-27,29H,1-7,11,14-18,20-22H2,(H,36,40)(H,38,39). The third kappa shape index (κ3) is 5.25. The highest BCUT2D eigenvalue weighted by Gasteiger charge is 2.52. The van der Waals surface area contributed by atoms with Crippen LogP contribution in [0.2, 0.25) is 0 Å². The molecular formula is C35H46N2O3. The Morgan fingerprint density at radius 2 is 1.75 bits per heavy atom. The second kappa shape index (κ2) is 10.7. The highest BCUT2D eigenvalue weighted by Crippen LogP contribution is 2.55. The molecule has 0 saturated heterocycles. The maximum Gasteiger partial charge on any atom is 0.322 e. The number of rotatable bonds is 5. The van der Waals surface area contributed by atoms with E-state index in [1.807, 2.05) is 4.90 Å². The summed E-state index contributed by atoms with van der Waals surface area (Å²) in [5, 5.41) is 12.8. The number of amides is 2. The lowest BCUT2D eigenvalue weighted by molar-refractivity contribution is -0.138. The number of hydrogen-bond acceptors (Lipinski definition) is 2. The summed E-state index contributed by atoms with van der Waals surface area (Å²) in [6.07, 6.45) is 23.9. The average Bonchev–Trinajstić information content (AvgIpc) is 3.16. The van der Waals surface area contributed by atoms with Gasteiger partial charge in [-0.15, -0.1) is 0 Å². The van der Waals surface area contributed by atoms with Crippen LogP contribution in [0.15, 0.2) is 42.0 Å². The van der Waals surface area contributed by atoms with Gasteiger partial charge in [-0.05, 0) is 136 Å². The number of fused-ring (bicyclic) bond motifs is 1. The van der Waals surface area contributed by atoms with E-state index >= 15 is 0 Å². The molecule has 214 valence electrons. The van der Waals surface area contributed by atoms with Gasteiger partial charge >= 0.3 is 12.0 Å². The molecule has 5 fully saturated rings. The number of benzene rings is 1. The van der Waals surface area contributed by atoms with E-state index in [9.17, 15) is 14.7 Å². The predicted octanol–water partition coefficient (Wildman–Crippen LogP) is 7.76. The minimum absolute atomic E-state index is 0.0504. The Morgan fingerprint density at radius 1 is 0.975 bits per heavy atom. The van der Waals surface area contributed by atoms with Gasteiger partial charge in [-0.1, -0.05) is 36.8 Å². The van der Waals surface area contributed by atoms with Crippen LogP contribution >= 0.6 is 0 Å². The SMILES string of the molecule is O=C(O)CC1CCCC(C2=CCC(c3ccc4c(c3)CCCN4C(=O)NC34CC5CC(CC(C5)C3)C4)C=C2)CC1. The van der Waals surface area contributed by atoms with Crippen molar-refractivity contribution in [3.63, 3.8) is 0 Å². The van der Waals surface area contributed by atoms with Gasteiger partial charge < -0.3 is 10.4 Å². The van der Waals surface area contributed by atoms with E-state index in [-0.39, 0.29) is 11.6 Å². The first kappa shape index (κ1) is 26.3. The molecule has 1 aromatic rings. The van der Waals surface area contributed by atoms with Gasteiger partial charge in [-0.25, -0.2) is 4.79 Å². The number of carboxylic acid groups (broad SMARTS) is 1. The van der Waals surface area contributed by atoms with E-state index < -0.39 is 5.97 Å². The zero-order chi connectivity index (χ0) is 27.3. The Labute approximate surface area is 239 Å². The fraction of sp³-hybridized carbons (Fsp3) is 0.657. The molecule has 3 atom stereocenters. The number of aryl methyl sites for hydroxylation is 1. The van der Waals surface area contributed by atoms with Crippen molar-refractivity contribution < 1.29 is 14.7 Å². The molecule has 1 aliphatic heterocycles. The first-order valence-electron chi connectivity index (χ1n) is 16.3. The molecule has 7 aliphatic rings. The number of carbonyl (C=O) groups excluding carboxylic acids is 1. The summed E-state index contributed by atoms with van der Waals surface area (Å²) in [7, 11) is 0. The molecule has 6 aliphatic carbocycles. The number of nitrogens with zero attached hydrogens (tertiary/aromatic N) is 1. The second-order valence-corrected chi connectivity index (χ2v) is 14.3. The smallest absolute Gasteiger partial charge is 0.322 e. The van der Waals surface area contributed by atoms with Crippen LogP contribution in [0.4, 0.5) is 10.5 Å². The van der Waals surface area contributed by atoms with Gasteiger partial charge in [0.2, 0.25) is 0 Å². The summed E-state index contributed by atoms with van der Waals surface area (Å²) >= 11 is 0. The molecular weight excluding hydrogens is 496 g/mol. The molecule has 5 heteroatoms. The normalized spacial score (nSPS) is 36.5. The molecule has 3 unspecified atom stereocenters. The summed E-state index contributed by atoms with van der Waals surface area (Å²) in [6.45, 7) is 0.814. The van der Waals surface area contributed by atoms with Crippen LogP contribution in [0.5, 0.6) is 0 Å². The van der Waals surface area contributed by atoms with Crippen molar-refractivity contribution in [2.75, 3.05) is 11.4 Å². The number of anilines is 1. The maximum atomic E-state index is 13.7. The topological polar surface area (TPSA) is 69.6 Å². The van der Waals surface area contributed by atoms with Crippen LogP contribution in [0.25, 0.3) is 0 Å². The lowest BCUT2D eigenvalue weighted by Crippen LogP contribution is -2.62. The van der Waals surface area contributed by atoms with E-state index in [2.05, 4.69) is 41.7 Å². The van der Waals surface area contributed by atoms with Crippen LogP contribution < -0.4 is 10.2 Å². The summed E-state index contributed by atoms with van der Waals surface area (Å²) < 4.78 is 0. The van der Waals surface area contributed by atoms with Crippen molar-refractivity contribution in [3.05, 3.63) is 53.1 Å². The summed E-state index contributed by atoms with van der Waals surface area (Å²) in [4.78, 5) is 26.9. The highest BCUT2D eigenvalue weighted by atomic mass is 16.4. The Bertz CT molecular complexity index is 1180. The lowest BCUT2D eigenvalue weighted by atomic mass is 9.53. The Balaban J connectivity index is 0.996. The lowest BCUT2D eigenvalue weighted by Gasteiger charge is -2.57. The van der Waals surface area contributed by atoms with E-state index in [1.165, 1.54) is 61.6 Å². The van der Waals surface area contributed by atoms with E-state index in [4.69, 9.17) is 0 Å². The van der Waals surface area contributed by atoms with E-state index in [1.54, 1.807) is 0 Å². The van der Waals surface area contributed by atoms with Crippen LogP contribution in [-0.4, -0.2) is 29.2 Å². The molecule has 0 aromatic heterocycles. The monoisotopic (exact) mass is 542 g/mol. The highest BCUT2D eigenvalue weighted by molar-refractivity contribution is 5.94. The van der Waals surface area contributed by atoms with Crippen LogP contribution in [-0.2, 0) is 11.2 Å².